The molecule has 1 aliphatic carbocycles. The first kappa shape index (κ1) is 24.9. The van der Waals surface area contributed by atoms with Gasteiger partial charge in [-0.05, 0) is 79.3 Å². The van der Waals surface area contributed by atoms with Gasteiger partial charge in [0, 0.05) is 36.1 Å². The number of benzene rings is 3. The summed E-state index contributed by atoms with van der Waals surface area (Å²) in [7, 11) is 0. The second-order valence-corrected chi connectivity index (χ2v) is 9.94. The lowest BCUT2D eigenvalue weighted by Crippen LogP contribution is -2.31. The number of rotatable bonds is 8. The minimum absolute atomic E-state index is 0.221. The fourth-order valence-electron chi connectivity index (χ4n) is 5.36. The quantitative estimate of drug-likeness (QED) is 0.324. The minimum atomic E-state index is -0.571. The number of nitrogens with zero attached hydrogens (tertiary/aromatic N) is 3. The molecule has 8 heteroatoms. The van der Waals surface area contributed by atoms with Crippen LogP contribution in [0.15, 0.2) is 71.7 Å². The molecule has 1 aliphatic rings. The van der Waals surface area contributed by atoms with Crippen LogP contribution >= 0.6 is 0 Å². The van der Waals surface area contributed by atoms with Crippen LogP contribution in [-0.2, 0) is 30.8 Å². The molecular weight excluding hydrogens is 492 g/mol. The van der Waals surface area contributed by atoms with E-state index >= 15 is 0 Å². The molecule has 8 nitrogen and oxygen atoms in total. The smallest absolute Gasteiger partial charge is 0.330 e. The third-order valence-electron chi connectivity index (χ3n) is 7.21. The molecule has 0 amide bonds. The van der Waals surface area contributed by atoms with Crippen LogP contribution < -0.4 is 20.9 Å². The first-order chi connectivity index (χ1) is 19.0. The summed E-state index contributed by atoms with van der Waals surface area (Å²) in [5.41, 5.74) is 11.7. The number of aromatic nitrogens is 3. The van der Waals surface area contributed by atoms with Gasteiger partial charge in [0.1, 0.15) is 23.6 Å². The molecule has 0 spiro atoms. The molecule has 0 bridgehead atoms. The highest BCUT2D eigenvalue weighted by molar-refractivity contribution is 5.97. The van der Waals surface area contributed by atoms with Crippen molar-refractivity contribution < 1.29 is 14.4 Å². The molecule has 0 aliphatic heterocycles. The minimum Gasteiger partial charge on any atom is -0.489 e. The van der Waals surface area contributed by atoms with Gasteiger partial charge in [0.25, 0.3) is 0 Å². The van der Waals surface area contributed by atoms with Gasteiger partial charge in [-0.1, -0.05) is 30.3 Å². The van der Waals surface area contributed by atoms with E-state index in [2.05, 4.69) is 4.57 Å². The molecule has 6 rings (SSSR count). The van der Waals surface area contributed by atoms with Gasteiger partial charge in [0.2, 0.25) is 0 Å². The number of carbonyl (C=O) groups excluding carboxylic acids is 1. The monoisotopic (exact) mass is 522 g/mol. The van der Waals surface area contributed by atoms with Gasteiger partial charge in [0.15, 0.2) is 0 Å². The Balaban J connectivity index is 1.52. The van der Waals surface area contributed by atoms with Crippen LogP contribution in [0.25, 0.3) is 33.2 Å². The maximum absolute atomic E-state index is 13.8. The first-order valence-electron chi connectivity index (χ1n) is 13.3. The van der Waals surface area contributed by atoms with Crippen molar-refractivity contribution in [1.82, 2.24) is 14.3 Å². The average Bonchev–Trinajstić information content (AvgIpc) is 3.55. The van der Waals surface area contributed by atoms with Crippen molar-refractivity contribution in [3.05, 3.63) is 93.9 Å². The topological polar surface area (TPSA) is 101 Å². The number of hydrogen-bond acceptors (Lipinski definition) is 6. The number of ether oxygens (including phenoxy) is 1. The van der Waals surface area contributed by atoms with E-state index in [9.17, 15) is 9.59 Å². The number of fused-ring (bicyclic) bond motifs is 3. The van der Waals surface area contributed by atoms with Crippen LogP contribution in [0.1, 0.15) is 36.5 Å². The third-order valence-corrected chi connectivity index (χ3v) is 7.21. The molecule has 0 atom stereocenters. The zero-order valence-corrected chi connectivity index (χ0v) is 21.9. The maximum atomic E-state index is 13.8. The van der Waals surface area contributed by atoms with Crippen LogP contribution in [0.5, 0.6) is 5.75 Å². The van der Waals surface area contributed by atoms with E-state index in [-0.39, 0.29) is 5.69 Å². The molecule has 198 valence electrons. The van der Waals surface area contributed by atoms with Crippen LogP contribution in [0.4, 0.5) is 0 Å². The summed E-state index contributed by atoms with van der Waals surface area (Å²) in [6.45, 7) is 2.96. The molecule has 0 saturated heterocycles. The Morgan fingerprint density at radius 3 is 2.59 bits per heavy atom. The largest absolute Gasteiger partial charge is 0.489 e. The third kappa shape index (κ3) is 4.79. The molecule has 2 N–H and O–H groups in total. The predicted octanol–water partition coefficient (Wildman–Crippen LogP) is 4.41. The first-order valence-corrected chi connectivity index (χ1v) is 13.3. The maximum Gasteiger partial charge on any atom is 0.330 e. The molecule has 3 aromatic carbocycles. The van der Waals surface area contributed by atoms with Gasteiger partial charge >= 0.3 is 11.5 Å². The zero-order chi connectivity index (χ0) is 26.9. The molecule has 0 radical (unpaired) electrons. The van der Waals surface area contributed by atoms with E-state index in [4.69, 9.17) is 20.3 Å². The van der Waals surface area contributed by atoms with Gasteiger partial charge in [-0.25, -0.2) is 9.78 Å². The molecule has 5 aromatic rings. The van der Waals surface area contributed by atoms with E-state index < -0.39 is 11.5 Å². The van der Waals surface area contributed by atoms with Crippen molar-refractivity contribution >= 4 is 27.9 Å². The standard InChI is InChI=1S/C31H30N4O4/c1-20(36)39-35-29-16-23-10-5-9-22(23)15-27(29)33-30(31(35)37)26-18-34(14-6-13-32)28-12-11-24(17-25(26)28)38-19-21-7-3-2-4-8-21/h2-4,7-8,11-12,15-18H,5-6,9-10,13-14,19,32H2,1H3. The molecular formula is C31H30N4O4. The van der Waals surface area contributed by atoms with Crippen molar-refractivity contribution in [1.29, 1.82) is 0 Å². The van der Waals surface area contributed by atoms with Crippen molar-refractivity contribution in [3.63, 3.8) is 0 Å². The molecule has 39 heavy (non-hydrogen) atoms. The lowest BCUT2D eigenvalue weighted by atomic mass is 10.1. The number of hydrogen-bond donors (Lipinski definition) is 1. The van der Waals surface area contributed by atoms with Crippen LogP contribution in [0.2, 0.25) is 0 Å². The lowest BCUT2D eigenvalue weighted by Gasteiger charge is -2.12. The zero-order valence-electron chi connectivity index (χ0n) is 21.9. The average molecular weight is 523 g/mol. The summed E-state index contributed by atoms with van der Waals surface area (Å²) in [4.78, 5) is 36.2. The fourth-order valence-corrected chi connectivity index (χ4v) is 5.36. The summed E-state index contributed by atoms with van der Waals surface area (Å²) < 4.78 is 9.29. The Morgan fingerprint density at radius 2 is 1.82 bits per heavy atom. The van der Waals surface area contributed by atoms with Crippen molar-refractivity contribution in [2.45, 2.75) is 45.8 Å². The Morgan fingerprint density at radius 1 is 1.03 bits per heavy atom. The summed E-state index contributed by atoms with van der Waals surface area (Å²) >= 11 is 0. The molecule has 2 aromatic heterocycles. The second-order valence-electron chi connectivity index (χ2n) is 9.94. The SMILES string of the molecule is CC(=O)On1c(=O)c(-c2cn(CCCN)c3ccc(OCc4ccccc4)cc23)nc2cc3c(cc21)CCC3. The summed E-state index contributed by atoms with van der Waals surface area (Å²) in [6, 6.07) is 19.8. The normalized spacial score (nSPS) is 12.7. The van der Waals surface area contributed by atoms with Crippen molar-refractivity contribution in [2.75, 3.05) is 6.54 Å². The van der Waals surface area contributed by atoms with E-state index in [0.29, 0.717) is 42.0 Å². The van der Waals surface area contributed by atoms with Crippen LogP contribution in [0, 0.1) is 0 Å². The van der Waals surface area contributed by atoms with Gasteiger partial charge in [-0.15, -0.1) is 4.73 Å². The number of carbonyl (C=O) groups is 1. The highest BCUT2D eigenvalue weighted by atomic mass is 16.7. The Labute approximate surface area is 225 Å². The molecule has 0 unspecified atom stereocenters. The Bertz CT molecular complexity index is 1750. The van der Waals surface area contributed by atoms with Crippen LogP contribution in [-0.4, -0.2) is 26.8 Å². The van der Waals surface area contributed by atoms with E-state index in [1.165, 1.54) is 12.5 Å². The fraction of sp³-hybridized carbons (Fsp3) is 0.258. The predicted molar refractivity (Wildman–Crippen MR) is 151 cm³/mol. The highest BCUT2D eigenvalue weighted by Crippen LogP contribution is 2.33. The van der Waals surface area contributed by atoms with Crippen molar-refractivity contribution in [3.8, 4) is 17.0 Å². The molecule has 0 fully saturated rings. The highest BCUT2D eigenvalue weighted by Gasteiger charge is 2.22. The lowest BCUT2D eigenvalue weighted by molar-refractivity contribution is -0.141. The van der Waals surface area contributed by atoms with Gasteiger partial charge in [0.05, 0.1) is 5.52 Å². The summed E-state index contributed by atoms with van der Waals surface area (Å²) in [6.07, 6.45) is 5.67. The Hall–Kier alpha value is -4.43. The summed E-state index contributed by atoms with van der Waals surface area (Å²) in [5.74, 6) is 0.112. The van der Waals surface area contributed by atoms with Crippen molar-refractivity contribution in [2.24, 2.45) is 5.73 Å². The van der Waals surface area contributed by atoms with E-state index in [1.807, 2.05) is 66.9 Å². The van der Waals surface area contributed by atoms with Gasteiger partial charge < -0.3 is 19.9 Å². The molecule has 0 saturated carbocycles. The van der Waals surface area contributed by atoms with E-state index in [1.54, 1.807) is 0 Å². The number of nitrogens with two attached hydrogens (primary N) is 1. The van der Waals surface area contributed by atoms with Gasteiger partial charge in [-0.2, -0.15) is 0 Å². The summed E-state index contributed by atoms with van der Waals surface area (Å²) in [5, 5.41) is 0.831. The van der Waals surface area contributed by atoms with E-state index in [0.717, 1.165) is 52.4 Å². The Kier molecular flexibility index (Phi) is 6.62. The van der Waals surface area contributed by atoms with Gasteiger partial charge in [-0.3, -0.25) is 4.79 Å². The second kappa shape index (κ2) is 10.4. The number of aryl methyl sites for hydroxylation is 3. The van der Waals surface area contributed by atoms with Crippen LogP contribution in [0.3, 0.4) is 0 Å². The molecule has 2 heterocycles.